The first-order valence-electron chi connectivity index (χ1n) is 6.18. The number of furan rings is 1. The van der Waals surface area contributed by atoms with E-state index in [1.807, 2.05) is 19.1 Å². The molecule has 0 saturated carbocycles. The van der Waals surface area contributed by atoms with E-state index in [-0.39, 0.29) is 5.76 Å². The quantitative estimate of drug-likeness (QED) is 0.870. The first kappa shape index (κ1) is 13.9. The first-order chi connectivity index (χ1) is 9.56. The van der Waals surface area contributed by atoms with Crippen LogP contribution >= 0.6 is 0 Å². The van der Waals surface area contributed by atoms with Crippen molar-refractivity contribution in [3.8, 4) is 0 Å². The molecule has 2 aromatic rings. The summed E-state index contributed by atoms with van der Waals surface area (Å²) in [5.74, 6) is -0.990. The predicted molar refractivity (Wildman–Crippen MR) is 73.4 cm³/mol. The Hall–Kier alpha value is -2.56. The highest BCUT2D eigenvalue weighted by molar-refractivity contribution is 5.96. The lowest BCUT2D eigenvalue weighted by Crippen LogP contribution is -2.29. The fourth-order valence-electron chi connectivity index (χ4n) is 1.55. The van der Waals surface area contributed by atoms with Crippen LogP contribution in [0.2, 0.25) is 0 Å². The zero-order valence-electron chi connectivity index (χ0n) is 11.3. The second-order valence-electron chi connectivity index (χ2n) is 4.38. The van der Waals surface area contributed by atoms with Crippen molar-refractivity contribution in [3.63, 3.8) is 0 Å². The van der Waals surface area contributed by atoms with Gasteiger partial charge in [0, 0.05) is 5.69 Å². The number of hydrogen-bond acceptors (Lipinski definition) is 4. The van der Waals surface area contributed by atoms with E-state index in [4.69, 9.17) is 9.15 Å². The number of amides is 1. The standard InChI is InChI=1S/C15H15NO4/c1-10-5-7-12(8-6-10)16-14(17)11(2)20-15(18)13-4-3-9-19-13/h3-9,11H,1-2H3,(H,16,17). The zero-order chi connectivity index (χ0) is 14.5. The van der Waals surface area contributed by atoms with Gasteiger partial charge in [0.1, 0.15) is 0 Å². The second-order valence-corrected chi connectivity index (χ2v) is 4.38. The molecule has 1 aromatic carbocycles. The third-order valence-corrected chi connectivity index (χ3v) is 2.69. The molecule has 1 heterocycles. The molecule has 104 valence electrons. The Labute approximate surface area is 116 Å². The minimum absolute atomic E-state index is 0.0694. The number of rotatable bonds is 4. The predicted octanol–water partition coefficient (Wildman–Crippen LogP) is 2.77. The summed E-state index contributed by atoms with van der Waals surface area (Å²) >= 11 is 0. The summed E-state index contributed by atoms with van der Waals surface area (Å²) in [5, 5.41) is 2.67. The van der Waals surface area contributed by atoms with Crippen molar-refractivity contribution >= 4 is 17.6 Å². The van der Waals surface area contributed by atoms with E-state index in [2.05, 4.69) is 5.32 Å². The van der Waals surface area contributed by atoms with Crippen LogP contribution in [0, 0.1) is 6.92 Å². The lowest BCUT2D eigenvalue weighted by Gasteiger charge is -2.12. The van der Waals surface area contributed by atoms with Gasteiger partial charge in [0.15, 0.2) is 6.10 Å². The molecule has 0 aliphatic heterocycles. The van der Waals surface area contributed by atoms with Gasteiger partial charge < -0.3 is 14.5 Å². The molecule has 2 rings (SSSR count). The van der Waals surface area contributed by atoms with Gasteiger partial charge >= 0.3 is 5.97 Å². The third kappa shape index (κ3) is 3.47. The molecule has 5 heteroatoms. The number of carbonyl (C=O) groups excluding carboxylic acids is 2. The Balaban J connectivity index is 1.92. The first-order valence-corrected chi connectivity index (χ1v) is 6.18. The van der Waals surface area contributed by atoms with Crippen molar-refractivity contribution in [1.29, 1.82) is 0 Å². The van der Waals surface area contributed by atoms with Gasteiger partial charge in [0.25, 0.3) is 5.91 Å². The van der Waals surface area contributed by atoms with Crippen LogP contribution in [0.1, 0.15) is 23.0 Å². The summed E-state index contributed by atoms with van der Waals surface area (Å²) < 4.78 is 9.91. The van der Waals surface area contributed by atoms with E-state index in [0.29, 0.717) is 5.69 Å². The number of benzene rings is 1. The highest BCUT2D eigenvalue weighted by Crippen LogP contribution is 2.10. The van der Waals surface area contributed by atoms with Gasteiger partial charge in [-0.1, -0.05) is 17.7 Å². The summed E-state index contributed by atoms with van der Waals surface area (Å²) in [6, 6.07) is 10.4. The number of aryl methyl sites for hydroxylation is 1. The van der Waals surface area contributed by atoms with E-state index in [1.54, 1.807) is 18.2 Å². The fourth-order valence-corrected chi connectivity index (χ4v) is 1.55. The summed E-state index contributed by atoms with van der Waals surface area (Å²) in [6.45, 7) is 3.46. The van der Waals surface area contributed by atoms with Crippen molar-refractivity contribution in [2.45, 2.75) is 20.0 Å². The Morgan fingerprint density at radius 1 is 1.20 bits per heavy atom. The molecule has 1 atom stereocenters. The van der Waals surface area contributed by atoms with Crippen LogP contribution in [-0.4, -0.2) is 18.0 Å². The zero-order valence-corrected chi connectivity index (χ0v) is 11.3. The van der Waals surface area contributed by atoms with Crippen molar-refractivity contribution in [2.24, 2.45) is 0 Å². The second kappa shape index (κ2) is 6.06. The lowest BCUT2D eigenvalue weighted by molar-refractivity contribution is -0.123. The minimum atomic E-state index is -0.908. The Bertz CT molecular complexity index is 587. The lowest BCUT2D eigenvalue weighted by atomic mass is 10.2. The average Bonchev–Trinajstić information content (AvgIpc) is 2.95. The molecular weight excluding hydrogens is 258 g/mol. The van der Waals surface area contributed by atoms with Gasteiger partial charge in [-0.2, -0.15) is 0 Å². The van der Waals surface area contributed by atoms with Crippen LogP contribution in [0.15, 0.2) is 47.1 Å². The average molecular weight is 273 g/mol. The van der Waals surface area contributed by atoms with Gasteiger partial charge in [0.2, 0.25) is 5.76 Å². The van der Waals surface area contributed by atoms with Gasteiger partial charge in [-0.25, -0.2) is 4.79 Å². The Morgan fingerprint density at radius 3 is 2.50 bits per heavy atom. The monoisotopic (exact) mass is 273 g/mol. The summed E-state index contributed by atoms with van der Waals surface area (Å²) in [5.41, 5.74) is 1.75. The Kier molecular flexibility index (Phi) is 4.20. The van der Waals surface area contributed by atoms with Gasteiger partial charge in [-0.3, -0.25) is 4.79 Å². The normalized spacial score (nSPS) is 11.7. The van der Waals surface area contributed by atoms with Crippen LogP contribution in [0.4, 0.5) is 5.69 Å². The van der Waals surface area contributed by atoms with Crippen LogP contribution < -0.4 is 5.32 Å². The number of ether oxygens (including phenoxy) is 1. The third-order valence-electron chi connectivity index (χ3n) is 2.69. The molecule has 0 radical (unpaired) electrons. The SMILES string of the molecule is Cc1ccc(NC(=O)C(C)OC(=O)c2ccco2)cc1. The largest absolute Gasteiger partial charge is 0.457 e. The molecule has 5 nitrogen and oxygen atoms in total. The van der Waals surface area contributed by atoms with Gasteiger partial charge in [0.05, 0.1) is 6.26 Å². The van der Waals surface area contributed by atoms with Crippen molar-refractivity contribution < 1.29 is 18.7 Å². The van der Waals surface area contributed by atoms with E-state index < -0.39 is 18.0 Å². The van der Waals surface area contributed by atoms with Crippen molar-refractivity contribution in [3.05, 3.63) is 54.0 Å². The molecule has 1 amide bonds. The number of hydrogen-bond donors (Lipinski definition) is 1. The maximum Gasteiger partial charge on any atom is 0.374 e. The molecule has 0 saturated heterocycles. The minimum Gasteiger partial charge on any atom is -0.457 e. The number of carbonyl (C=O) groups is 2. The topological polar surface area (TPSA) is 68.5 Å². The van der Waals surface area contributed by atoms with Crippen LogP contribution in [0.5, 0.6) is 0 Å². The van der Waals surface area contributed by atoms with Crippen LogP contribution in [0.25, 0.3) is 0 Å². The molecule has 0 fully saturated rings. The Morgan fingerprint density at radius 2 is 1.90 bits per heavy atom. The maximum absolute atomic E-state index is 11.9. The van der Waals surface area contributed by atoms with Gasteiger partial charge in [-0.15, -0.1) is 0 Å². The van der Waals surface area contributed by atoms with Crippen LogP contribution in [-0.2, 0) is 9.53 Å². The summed E-state index contributed by atoms with van der Waals surface area (Å²) in [6.07, 6.45) is 0.460. The van der Waals surface area contributed by atoms with Crippen molar-refractivity contribution in [2.75, 3.05) is 5.32 Å². The molecule has 0 bridgehead atoms. The smallest absolute Gasteiger partial charge is 0.374 e. The van der Waals surface area contributed by atoms with Gasteiger partial charge in [-0.05, 0) is 38.1 Å². The number of nitrogens with one attached hydrogen (secondary N) is 1. The highest BCUT2D eigenvalue weighted by Gasteiger charge is 2.20. The molecule has 20 heavy (non-hydrogen) atoms. The van der Waals surface area contributed by atoms with E-state index >= 15 is 0 Å². The highest BCUT2D eigenvalue weighted by atomic mass is 16.6. The number of anilines is 1. The molecule has 0 aliphatic rings. The molecule has 0 aliphatic carbocycles. The van der Waals surface area contributed by atoms with E-state index in [1.165, 1.54) is 19.3 Å². The van der Waals surface area contributed by atoms with Crippen LogP contribution in [0.3, 0.4) is 0 Å². The molecular formula is C15H15NO4. The summed E-state index contributed by atoms with van der Waals surface area (Å²) in [4.78, 5) is 23.5. The molecule has 1 unspecified atom stereocenters. The fraction of sp³-hybridized carbons (Fsp3) is 0.200. The van der Waals surface area contributed by atoms with Crippen molar-refractivity contribution in [1.82, 2.24) is 0 Å². The molecule has 0 spiro atoms. The summed E-state index contributed by atoms with van der Waals surface area (Å²) in [7, 11) is 0. The molecule has 1 N–H and O–H groups in total. The number of esters is 1. The van der Waals surface area contributed by atoms with E-state index in [0.717, 1.165) is 5.56 Å². The molecule has 1 aromatic heterocycles. The van der Waals surface area contributed by atoms with E-state index in [9.17, 15) is 9.59 Å². The maximum atomic E-state index is 11.9.